The van der Waals surface area contributed by atoms with Gasteiger partial charge in [0.25, 0.3) is 5.91 Å². The van der Waals surface area contributed by atoms with Crippen LogP contribution in [0.4, 0.5) is 11.4 Å². The van der Waals surface area contributed by atoms with E-state index in [1.165, 1.54) is 0 Å². The highest BCUT2D eigenvalue weighted by Gasteiger charge is 2.20. The average molecular weight is 416 g/mol. The number of hydrogen-bond acceptors (Lipinski definition) is 3. The summed E-state index contributed by atoms with van der Waals surface area (Å²) in [7, 11) is 3.93. The molecule has 0 unspecified atom stereocenters. The molecule has 0 bridgehead atoms. The molecule has 2 aromatic rings. The summed E-state index contributed by atoms with van der Waals surface area (Å²) in [6.45, 7) is 7.26. The Morgan fingerprint density at radius 2 is 1.83 bits per heavy atom. The normalized spacial score (nSPS) is 10.7. The van der Waals surface area contributed by atoms with Crippen molar-refractivity contribution in [2.75, 3.05) is 36.7 Å². The first-order valence-electron chi connectivity index (χ1n) is 9.73. The number of nitrogens with one attached hydrogen (secondary N) is 1. The Morgan fingerprint density at radius 3 is 2.41 bits per heavy atom. The maximum Gasteiger partial charge on any atom is 0.254 e. The van der Waals surface area contributed by atoms with Crippen LogP contribution in [0.5, 0.6) is 0 Å². The Bertz CT molecular complexity index is 865. The van der Waals surface area contributed by atoms with Gasteiger partial charge in [0.2, 0.25) is 5.91 Å². The molecule has 2 aromatic carbocycles. The summed E-state index contributed by atoms with van der Waals surface area (Å²) in [6, 6.07) is 13.4. The quantitative estimate of drug-likeness (QED) is 0.644. The maximum absolute atomic E-state index is 13.3. The number of halogens is 1. The largest absolute Gasteiger partial charge is 0.377 e. The van der Waals surface area contributed by atoms with Crippen LogP contribution in [0.15, 0.2) is 42.5 Å². The molecule has 0 aliphatic rings. The molecule has 0 saturated carbocycles. The first kappa shape index (κ1) is 22.8. The van der Waals surface area contributed by atoms with Crippen molar-refractivity contribution in [3.8, 4) is 0 Å². The van der Waals surface area contributed by atoms with E-state index in [1.54, 1.807) is 0 Å². The van der Waals surface area contributed by atoms with Crippen molar-refractivity contribution < 1.29 is 9.59 Å². The Kier molecular flexibility index (Phi) is 8.09. The van der Waals surface area contributed by atoms with Gasteiger partial charge in [-0.05, 0) is 48.7 Å². The van der Waals surface area contributed by atoms with E-state index in [9.17, 15) is 9.59 Å². The van der Waals surface area contributed by atoms with Gasteiger partial charge in [0, 0.05) is 44.1 Å². The lowest BCUT2D eigenvalue weighted by molar-refractivity contribution is -0.113. The molecular weight excluding hydrogens is 386 g/mol. The summed E-state index contributed by atoms with van der Waals surface area (Å²) in [5.74, 6) is -0.0334. The fraction of sp³-hybridized carbons (Fsp3) is 0.391. The van der Waals surface area contributed by atoms with Crippen molar-refractivity contribution in [2.24, 2.45) is 5.92 Å². The van der Waals surface area contributed by atoms with Gasteiger partial charge < -0.3 is 15.1 Å². The average Bonchev–Trinajstić information content (AvgIpc) is 2.66. The second-order valence-corrected chi connectivity index (χ2v) is 8.14. The number of hydrogen-bond donors (Lipinski definition) is 1. The van der Waals surface area contributed by atoms with Gasteiger partial charge >= 0.3 is 0 Å². The lowest BCUT2D eigenvalue weighted by Gasteiger charge is -2.28. The van der Waals surface area contributed by atoms with E-state index >= 15 is 0 Å². The lowest BCUT2D eigenvalue weighted by Crippen LogP contribution is -2.34. The number of carbonyl (C=O) groups excluding carboxylic acids is 2. The third kappa shape index (κ3) is 6.50. The first-order chi connectivity index (χ1) is 13.7. The van der Waals surface area contributed by atoms with Gasteiger partial charge in [0.15, 0.2) is 0 Å². The zero-order chi connectivity index (χ0) is 21.6. The van der Waals surface area contributed by atoms with Crippen LogP contribution in [0, 0.1) is 12.8 Å². The predicted molar refractivity (Wildman–Crippen MR) is 121 cm³/mol. The minimum atomic E-state index is -0.259. The van der Waals surface area contributed by atoms with Gasteiger partial charge in [0.1, 0.15) is 5.88 Å². The van der Waals surface area contributed by atoms with Crippen LogP contribution in [0.1, 0.15) is 35.3 Å². The summed E-state index contributed by atoms with van der Waals surface area (Å²) in [5.41, 5.74) is 4.37. The number of rotatable bonds is 8. The zero-order valence-corrected chi connectivity index (χ0v) is 18.6. The molecule has 156 valence electrons. The molecule has 29 heavy (non-hydrogen) atoms. The van der Waals surface area contributed by atoms with E-state index in [-0.39, 0.29) is 17.7 Å². The Hall–Kier alpha value is -2.53. The monoisotopic (exact) mass is 415 g/mol. The molecule has 0 fully saturated rings. The number of alkyl halides is 1. The van der Waals surface area contributed by atoms with Gasteiger partial charge in [0.05, 0.1) is 0 Å². The highest BCUT2D eigenvalue weighted by atomic mass is 35.5. The van der Waals surface area contributed by atoms with Gasteiger partial charge in [-0.1, -0.05) is 31.5 Å². The van der Waals surface area contributed by atoms with E-state index < -0.39 is 0 Å². The van der Waals surface area contributed by atoms with Crippen molar-refractivity contribution in [2.45, 2.75) is 27.3 Å². The van der Waals surface area contributed by atoms with Crippen LogP contribution < -0.4 is 10.2 Å². The third-order valence-corrected chi connectivity index (χ3v) is 4.71. The second kappa shape index (κ2) is 10.3. The molecule has 0 saturated heterocycles. The molecule has 0 aromatic heterocycles. The number of amides is 2. The fourth-order valence-corrected chi connectivity index (χ4v) is 3.31. The third-order valence-electron chi connectivity index (χ3n) is 4.47. The van der Waals surface area contributed by atoms with Gasteiger partial charge in [-0.3, -0.25) is 9.59 Å². The molecule has 0 aliphatic carbocycles. The number of benzene rings is 2. The second-order valence-electron chi connectivity index (χ2n) is 7.87. The highest BCUT2D eigenvalue weighted by molar-refractivity contribution is 6.29. The molecule has 2 amide bonds. The fourth-order valence-electron chi connectivity index (χ4n) is 3.25. The van der Waals surface area contributed by atoms with Gasteiger partial charge in [-0.25, -0.2) is 0 Å². The van der Waals surface area contributed by atoms with E-state index in [4.69, 9.17) is 11.6 Å². The van der Waals surface area contributed by atoms with E-state index in [1.807, 2.05) is 73.3 Å². The minimum Gasteiger partial charge on any atom is -0.377 e. The predicted octanol–water partition coefficient (Wildman–Crippen LogP) is 4.54. The number of anilines is 2. The Labute approximate surface area is 178 Å². The van der Waals surface area contributed by atoms with Crippen LogP contribution >= 0.6 is 11.6 Å². The Balaban J connectivity index is 2.39. The topological polar surface area (TPSA) is 52.7 Å². The molecule has 5 nitrogen and oxygen atoms in total. The van der Waals surface area contributed by atoms with Crippen LogP contribution in [-0.2, 0) is 11.3 Å². The van der Waals surface area contributed by atoms with Crippen molar-refractivity contribution in [1.29, 1.82) is 0 Å². The van der Waals surface area contributed by atoms with E-state index in [2.05, 4.69) is 19.2 Å². The summed E-state index contributed by atoms with van der Waals surface area (Å²) in [5, 5.41) is 2.79. The van der Waals surface area contributed by atoms with E-state index in [0.717, 1.165) is 16.8 Å². The van der Waals surface area contributed by atoms with Crippen LogP contribution in [0.3, 0.4) is 0 Å². The Morgan fingerprint density at radius 1 is 1.10 bits per heavy atom. The summed E-state index contributed by atoms with van der Waals surface area (Å²) >= 11 is 5.61. The molecule has 0 atom stereocenters. The minimum absolute atomic E-state index is 0.00213. The van der Waals surface area contributed by atoms with E-state index in [0.29, 0.717) is 30.3 Å². The zero-order valence-electron chi connectivity index (χ0n) is 17.8. The molecule has 2 rings (SSSR count). The smallest absolute Gasteiger partial charge is 0.254 e. The molecule has 0 radical (unpaired) electrons. The van der Waals surface area contributed by atoms with Crippen molar-refractivity contribution in [1.82, 2.24) is 4.90 Å². The number of nitrogens with zero attached hydrogens (tertiary/aromatic N) is 2. The summed E-state index contributed by atoms with van der Waals surface area (Å²) in [6.07, 6.45) is 0. The van der Waals surface area contributed by atoms with Crippen LogP contribution in [0.25, 0.3) is 0 Å². The maximum atomic E-state index is 13.3. The van der Waals surface area contributed by atoms with Crippen molar-refractivity contribution in [3.63, 3.8) is 0 Å². The van der Waals surface area contributed by atoms with Crippen LogP contribution in [-0.4, -0.2) is 43.2 Å². The van der Waals surface area contributed by atoms with Crippen molar-refractivity contribution in [3.05, 3.63) is 59.2 Å². The van der Waals surface area contributed by atoms with Gasteiger partial charge in [-0.15, -0.1) is 11.6 Å². The summed E-state index contributed by atoms with van der Waals surface area (Å²) < 4.78 is 0. The first-order valence-corrected chi connectivity index (χ1v) is 10.3. The van der Waals surface area contributed by atoms with Crippen LogP contribution in [0.2, 0.25) is 0 Å². The van der Waals surface area contributed by atoms with Crippen molar-refractivity contribution >= 4 is 34.8 Å². The standard InChI is InChI=1S/C23H30ClN3O2/c1-16(2)14-27(23(29)18-8-6-7-17(3)11-18)15-19-12-20(25-22(28)13-24)9-10-21(19)26(4)5/h6-12,16H,13-15H2,1-5H3,(H,25,28). The molecule has 0 spiro atoms. The molecule has 0 heterocycles. The lowest BCUT2D eigenvalue weighted by atomic mass is 10.1. The number of aryl methyl sites for hydroxylation is 1. The number of carbonyl (C=O) groups is 2. The van der Waals surface area contributed by atoms with Gasteiger partial charge in [-0.2, -0.15) is 0 Å². The molecular formula is C23H30ClN3O2. The molecule has 6 heteroatoms. The SMILES string of the molecule is Cc1cccc(C(=O)N(Cc2cc(NC(=O)CCl)ccc2N(C)C)CC(C)C)c1. The summed E-state index contributed by atoms with van der Waals surface area (Å²) in [4.78, 5) is 28.8. The molecule has 1 N–H and O–H groups in total. The molecule has 0 aliphatic heterocycles. The highest BCUT2D eigenvalue weighted by Crippen LogP contribution is 2.26.